The van der Waals surface area contributed by atoms with Crippen molar-refractivity contribution in [2.75, 3.05) is 6.54 Å². The number of rotatable bonds is 6. The Morgan fingerprint density at radius 1 is 1.37 bits per heavy atom. The van der Waals surface area contributed by atoms with Crippen LogP contribution in [0.25, 0.3) is 0 Å². The molecule has 0 aliphatic rings. The van der Waals surface area contributed by atoms with Gasteiger partial charge in [0, 0.05) is 17.1 Å². The normalized spacial score (nSPS) is 10.7. The SMILES string of the molecule is CCC(N)(CC)CNC(=O)Cc1cccc(Cl)c1.Cl. The van der Waals surface area contributed by atoms with E-state index in [0.29, 0.717) is 18.0 Å². The van der Waals surface area contributed by atoms with Gasteiger partial charge in [0.1, 0.15) is 0 Å². The van der Waals surface area contributed by atoms with E-state index in [2.05, 4.69) is 5.32 Å². The minimum atomic E-state index is -0.302. The molecule has 5 heteroatoms. The Labute approximate surface area is 126 Å². The minimum absolute atomic E-state index is 0. The van der Waals surface area contributed by atoms with Crippen LogP contribution in [0.3, 0.4) is 0 Å². The Kier molecular flexibility index (Phi) is 8.07. The molecule has 0 aliphatic carbocycles. The van der Waals surface area contributed by atoms with Crippen LogP contribution in [0, 0.1) is 0 Å². The molecule has 0 saturated carbocycles. The Morgan fingerprint density at radius 2 is 2.00 bits per heavy atom. The first-order chi connectivity index (χ1) is 8.49. The summed E-state index contributed by atoms with van der Waals surface area (Å²) < 4.78 is 0. The average Bonchev–Trinajstić information content (AvgIpc) is 2.36. The number of halogens is 2. The minimum Gasteiger partial charge on any atom is -0.354 e. The Hall–Kier alpha value is -0.770. The summed E-state index contributed by atoms with van der Waals surface area (Å²) in [6, 6.07) is 7.33. The van der Waals surface area contributed by atoms with E-state index in [1.807, 2.05) is 26.0 Å². The van der Waals surface area contributed by atoms with Crippen molar-refractivity contribution in [2.45, 2.75) is 38.6 Å². The highest BCUT2D eigenvalue weighted by Gasteiger charge is 2.20. The van der Waals surface area contributed by atoms with Crippen LogP contribution in [0.5, 0.6) is 0 Å². The van der Waals surface area contributed by atoms with Crippen LogP contribution in [0.15, 0.2) is 24.3 Å². The van der Waals surface area contributed by atoms with E-state index in [4.69, 9.17) is 17.3 Å². The molecule has 0 bridgehead atoms. The molecule has 0 fully saturated rings. The fraction of sp³-hybridized carbons (Fsp3) is 0.500. The molecule has 1 aromatic carbocycles. The van der Waals surface area contributed by atoms with E-state index >= 15 is 0 Å². The summed E-state index contributed by atoms with van der Waals surface area (Å²) in [6.07, 6.45) is 2.03. The van der Waals surface area contributed by atoms with Crippen LogP contribution >= 0.6 is 24.0 Å². The van der Waals surface area contributed by atoms with Crippen molar-refractivity contribution >= 4 is 29.9 Å². The lowest BCUT2D eigenvalue weighted by atomic mass is 9.94. The second-order valence-electron chi connectivity index (χ2n) is 4.65. The summed E-state index contributed by atoms with van der Waals surface area (Å²) in [6.45, 7) is 4.58. The van der Waals surface area contributed by atoms with Crippen LogP contribution < -0.4 is 11.1 Å². The molecule has 0 aliphatic heterocycles. The third-order valence-electron chi connectivity index (χ3n) is 3.30. The zero-order valence-corrected chi connectivity index (χ0v) is 13.0. The lowest BCUT2D eigenvalue weighted by Gasteiger charge is -2.26. The van der Waals surface area contributed by atoms with Crippen LogP contribution in [0.1, 0.15) is 32.3 Å². The number of hydrogen-bond acceptors (Lipinski definition) is 2. The van der Waals surface area contributed by atoms with Gasteiger partial charge in [-0.05, 0) is 30.5 Å². The van der Waals surface area contributed by atoms with Gasteiger partial charge in [0.2, 0.25) is 5.91 Å². The third-order valence-corrected chi connectivity index (χ3v) is 3.53. The maximum Gasteiger partial charge on any atom is 0.224 e. The first-order valence-corrected chi connectivity index (χ1v) is 6.67. The number of benzene rings is 1. The van der Waals surface area contributed by atoms with E-state index in [-0.39, 0.29) is 23.9 Å². The summed E-state index contributed by atoms with van der Waals surface area (Å²) in [5.41, 5.74) is 6.74. The van der Waals surface area contributed by atoms with Gasteiger partial charge in [-0.3, -0.25) is 4.79 Å². The molecule has 0 spiro atoms. The smallest absolute Gasteiger partial charge is 0.224 e. The number of nitrogens with one attached hydrogen (secondary N) is 1. The zero-order valence-electron chi connectivity index (χ0n) is 11.4. The number of nitrogens with two attached hydrogens (primary N) is 1. The molecular weight excluding hydrogens is 283 g/mol. The quantitative estimate of drug-likeness (QED) is 0.849. The van der Waals surface area contributed by atoms with E-state index < -0.39 is 0 Å². The average molecular weight is 305 g/mol. The lowest BCUT2D eigenvalue weighted by molar-refractivity contribution is -0.120. The van der Waals surface area contributed by atoms with Crippen molar-refractivity contribution < 1.29 is 4.79 Å². The van der Waals surface area contributed by atoms with Gasteiger partial charge >= 0.3 is 0 Å². The van der Waals surface area contributed by atoms with Crippen LogP contribution in [0.4, 0.5) is 0 Å². The zero-order chi connectivity index (χ0) is 13.6. The fourth-order valence-electron chi connectivity index (χ4n) is 1.67. The van der Waals surface area contributed by atoms with Crippen molar-refractivity contribution in [3.63, 3.8) is 0 Å². The van der Waals surface area contributed by atoms with Gasteiger partial charge < -0.3 is 11.1 Å². The molecule has 108 valence electrons. The summed E-state index contributed by atoms with van der Waals surface area (Å²) in [4.78, 5) is 11.8. The Bertz CT molecular complexity index is 406. The second kappa shape index (κ2) is 8.41. The van der Waals surface area contributed by atoms with Crippen molar-refractivity contribution in [3.05, 3.63) is 34.9 Å². The molecular formula is C14H22Cl2N2O. The molecule has 19 heavy (non-hydrogen) atoms. The van der Waals surface area contributed by atoms with Crippen LogP contribution in [0.2, 0.25) is 5.02 Å². The molecule has 0 atom stereocenters. The van der Waals surface area contributed by atoms with Crippen molar-refractivity contribution in [3.8, 4) is 0 Å². The number of amides is 1. The molecule has 3 N–H and O–H groups in total. The van der Waals surface area contributed by atoms with Gasteiger partial charge in [0.15, 0.2) is 0 Å². The molecule has 1 rings (SSSR count). The van der Waals surface area contributed by atoms with Gasteiger partial charge in [-0.1, -0.05) is 37.6 Å². The molecule has 0 saturated heterocycles. The maximum absolute atomic E-state index is 11.8. The highest BCUT2D eigenvalue weighted by atomic mass is 35.5. The predicted molar refractivity (Wildman–Crippen MR) is 82.9 cm³/mol. The van der Waals surface area contributed by atoms with E-state index in [1.165, 1.54) is 0 Å². The van der Waals surface area contributed by atoms with Crippen LogP contribution in [-0.4, -0.2) is 18.0 Å². The molecule has 0 radical (unpaired) electrons. The Balaban J connectivity index is 0.00000324. The molecule has 1 amide bonds. The molecule has 0 unspecified atom stereocenters. The van der Waals surface area contributed by atoms with Gasteiger partial charge in [0.05, 0.1) is 6.42 Å². The largest absolute Gasteiger partial charge is 0.354 e. The highest BCUT2D eigenvalue weighted by molar-refractivity contribution is 6.30. The van der Waals surface area contributed by atoms with Crippen molar-refractivity contribution in [1.82, 2.24) is 5.32 Å². The fourth-order valence-corrected chi connectivity index (χ4v) is 1.88. The van der Waals surface area contributed by atoms with E-state index in [9.17, 15) is 4.79 Å². The monoisotopic (exact) mass is 304 g/mol. The van der Waals surface area contributed by atoms with Crippen molar-refractivity contribution in [2.24, 2.45) is 5.73 Å². The summed E-state index contributed by atoms with van der Waals surface area (Å²) in [7, 11) is 0. The van der Waals surface area contributed by atoms with E-state index in [0.717, 1.165) is 18.4 Å². The predicted octanol–water partition coefficient (Wildman–Crippen LogP) is 2.94. The molecule has 3 nitrogen and oxygen atoms in total. The number of carbonyl (C=O) groups excluding carboxylic acids is 1. The van der Waals surface area contributed by atoms with Gasteiger partial charge in [-0.25, -0.2) is 0 Å². The lowest BCUT2D eigenvalue weighted by Crippen LogP contribution is -2.49. The van der Waals surface area contributed by atoms with E-state index in [1.54, 1.807) is 12.1 Å². The summed E-state index contributed by atoms with van der Waals surface area (Å²) in [5.74, 6) is -0.0195. The van der Waals surface area contributed by atoms with Crippen LogP contribution in [-0.2, 0) is 11.2 Å². The van der Waals surface area contributed by atoms with Crippen molar-refractivity contribution in [1.29, 1.82) is 0 Å². The standard InChI is InChI=1S/C14H21ClN2O.ClH/c1-3-14(16,4-2)10-17-13(18)9-11-6-5-7-12(15)8-11;/h5-8H,3-4,9-10,16H2,1-2H3,(H,17,18);1H. The Morgan fingerprint density at radius 3 is 2.53 bits per heavy atom. The van der Waals surface area contributed by atoms with Gasteiger partial charge in [-0.2, -0.15) is 0 Å². The first kappa shape index (κ1) is 18.2. The maximum atomic E-state index is 11.8. The van der Waals surface area contributed by atoms with Gasteiger partial charge in [-0.15, -0.1) is 12.4 Å². The summed E-state index contributed by atoms with van der Waals surface area (Å²) >= 11 is 5.87. The topological polar surface area (TPSA) is 55.1 Å². The number of carbonyl (C=O) groups is 1. The molecule has 0 aromatic heterocycles. The first-order valence-electron chi connectivity index (χ1n) is 6.29. The summed E-state index contributed by atoms with van der Waals surface area (Å²) in [5, 5.41) is 3.53. The number of hydrogen-bond donors (Lipinski definition) is 2. The highest BCUT2D eigenvalue weighted by Crippen LogP contribution is 2.12. The third kappa shape index (κ3) is 6.28. The second-order valence-corrected chi connectivity index (χ2v) is 5.09. The van der Waals surface area contributed by atoms with Gasteiger partial charge in [0.25, 0.3) is 0 Å². The molecule has 0 heterocycles. The molecule has 1 aromatic rings.